The van der Waals surface area contributed by atoms with Crippen molar-refractivity contribution in [1.29, 1.82) is 0 Å². The van der Waals surface area contributed by atoms with Crippen LogP contribution in [0.1, 0.15) is 263 Å². The fourth-order valence-corrected chi connectivity index (χ4v) is 13.7. The van der Waals surface area contributed by atoms with Crippen molar-refractivity contribution in [2.24, 2.45) is 0 Å². The topological polar surface area (TPSA) is 6.48 Å². The van der Waals surface area contributed by atoms with Crippen LogP contribution in [0.3, 0.4) is 0 Å². The maximum atomic E-state index is 2.78. The van der Waals surface area contributed by atoms with Crippen LogP contribution in [0.5, 0.6) is 0 Å². The molecule has 0 N–H and O–H groups in total. The van der Waals surface area contributed by atoms with Crippen molar-refractivity contribution >= 4 is 55.7 Å². The first kappa shape index (κ1) is 65.3. The Kier molecular flexibility index (Phi) is 21.8. The van der Waals surface area contributed by atoms with Gasteiger partial charge in [0.25, 0.3) is 0 Å². The molecule has 1 aliphatic carbocycles. The summed E-state index contributed by atoms with van der Waals surface area (Å²) in [4.78, 5) is 5.53. The third-order valence-electron chi connectivity index (χ3n) is 19.5. The number of nitrogens with zero attached hydrogens (tertiary/aromatic N) is 2. The molecule has 2 heteroatoms. The van der Waals surface area contributed by atoms with Gasteiger partial charge in [0.1, 0.15) is 0 Å². The van der Waals surface area contributed by atoms with Crippen LogP contribution in [0.25, 0.3) is 32.7 Å². The van der Waals surface area contributed by atoms with Crippen LogP contribution in [-0.4, -0.2) is 0 Å². The lowest BCUT2D eigenvalue weighted by molar-refractivity contribution is 0.271. The summed E-state index contributed by atoms with van der Waals surface area (Å²) in [5.74, 6) is 0. The quantitative estimate of drug-likeness (QED) is 0.0274. The van der Waals surface area contributed by atoms with E-state index in [9.17, 15) is 0 Å². The van der Waals surface area contributed by atoms with Crippen LogP contribution in [0, 0.1) is 0 Å². The molecule has 0 unspecified atom stereocenters. The van der Waals surface area contributed by atoms with Gasteiger partial charge in [0.05, 0.1) is 11.4 Å². The zero-order chi connectivity index (χ0) is 61.9. The van der Waals surface area contributed by atoms with Gasteiger partial charge in [-0.2, -0.15) is 0 Å². The van der Waals surface area contributed by atoms with Gasteiger partial charge in [-0.1, -0.05) is 271 Å². The fraction of sp³-hybridized carbons (Fsp3) is 0.482. The maximum absolute atomic E-state index is 2.78. The molecule has 0 saturated heterocycles. The molecule has 8 aromatic carbocycles. The zero-order valence-electron chi connectivity index (χ0n) is 57.0. The van der Waals surface area contributed by atoms with Crippen molar-refractivity contribution in [2.45, 2.75) is 266 Å². The van der Waals surface area contributed by atoms with Gasteiger partial charge in [-0.05, 0) is 196 Å². The average molecular weight is 1160 g/mol. The molecule has 87 heavy (non-hydrogen) atoms. The van der Waals surface area contributed by atoms with E-state index >= 15 is 0 Å². The average Bonchev–Trinajstić information content (AvgIpc) is 0.764. The van der Waals surface area contributed by atoms with Crippen molar-refractivity contribution in [3.05, 3.63) is 190 Å². The number of hydrogen-bond acceptors (Lipinski definition) is 2. The summed E-state index contributed by atoms with van der Waals surface area (Å²) in [5.41, 5.74) is 21.4. The highest BCUT2D eigenvalue weighted by atomic mass is 15.2. The Bertz CT molecular complexity index is 3440. The largest absolute Gasteiger partial charge is 0.309 e. The predicted molar refractivity (Wildman–Crippen MR) is 385 cm³/mol. The second-order valence-electron chi connectivity index (χ2n) is 30.0. The number of hydrogen-bond donors (Lipinski definition) is 0. The van der Waals surface area contributed by atoms with Gasteiger partial charge in [0, 0.05) is 44.3 Å². The molecular weight excluding hydrogens is 1050 g/mol. The highest BCUT2D eigenvalue weighted by Gasteiger charge is 2.36. The van der Waals surface area contributed by atoms with Crippen molar-refractivity contribution < 1.29 is 0 Å². The van der Waals surface area contributed by atoms with Crippen LogP contribution in [0.4, 0.5) is 34.1 Å². The molecule has 1 aliphatic rings. The number of anilines is 6. The molecule has 1 fully saturated rings. The van der Waals surface area contributed by atoms with E-state index in [-0.39, 0.29) is 21.7 Å². The molecule has 0 heterocycles. The van der Waals surface area contributed by atoms with E-state index < -0.39 is 0 Å². The Morgan fingerprint density at radius 1 is 0.333 bits per heavy atom. The summed E-state index contributed by atoms with van der Waals surface area (Å²) in [7, 11) is 0. The Morgan fingerprint density at radius 2 is 0.701 bits per heavy atom. The molecule has 0 atom stereocenters. The van der Waals surface area contributed by atoms with Gasteiger partial charge in [0.2, 0.25) is 0 Å². The molecule has 9 rings (SSSR count). The number of aryl methyl sites for hydroxylation is 4. The molecule has 0 aromatic heterocycles. The van der Waals surface area contributed by atoms with E-state index in [1.165, 1.54) is 233 Å². The van der Waals surface area contributed by atoms with Crippen LogP contribution < -0.4 is 9.80 Å². The minimum Gasteiger partial charge on any atom is -0.309 e. The highest BCUT2D eigenvalue weighted by molar-refractivity contribution is 6.24. The predicted octanol–water partition coefficient (Wildman–Crippen LogP) is 26.4. The van der Waals surface area contributed by atoms with E-state index in [1.54, 1.807) is 0 Å². The second-order valence-corrected chi connectivity index (χ2v) is 30.0. The van der Waals surface area contributed by atoms with Crippen LogP contribution >= 0.6 is 0 Å². The molecular formula is C85H112N2. The molecule has 0 bridgehead atoms. The first-order valence-corrected chi connectivity index (χ1v) is 34.9. The van der Waals surface area contributed by atoms with Crippen molar-refractivity contribution in [3.63, 3.8) is 0 Å². The van der Waals surface area contributed by atoms with Crippen molar-refractivity contribution in [3.8, 4) is 11.1 Å². The zero-order valence-corrected chi connectivity index (χ0v) is 57.0. The minimum atomic E-state index is -0.0806. The standard InChI is InChI=1S/C85H112N2/c1-15-19-23-28-37-62-49-63(38-29-24-20-16-2)52-72(51-62)86(74-58-68(82(5,6)7)56-69(59-74)83(8,9)10)80-76-43-34-35-44-77(76)81(79-55-67(45-46-78(79)80)66-41-32-27-33-42-66)87(75-60-70(84(11,12)13)57-71(61-75)85(14)47-36-48-85)73-53-64(39-30-25-21-17-3)50-65(54-73)40-31-26-22-18-4/h27,32-35,41-46,49-61H,15-26,28-31,36-40,47-48H2,1-14H3. The third-order valence-corrected chi connectivity index (χ3v) is 19.5. The van der Waals surface area contributed by atoms with Gasteiger partial charge >= 0.3 is 0 Å². The van der Waals surface area contributed by atoms with Gasteiger partial charge in [-0.15, -0.1) is 0 Å². The summed E-state index contributed by atoms with van der Waals surface area (Å²) in [6.07, 6.45) is 28.0. The summed E-state index contributed by atoms with van der Waals surface area (Å²) in [6.45, 7) is 33.5. The summed E-state index contributed by atoms with van der Waals surface area (Å²) < 4.78 is 0. The molecule has 2 nitrogen and oxygen atoms in total. The summed E-state index contributed by atoms with van der Waals surface area (Å²) in [6, 6.07) is 59.3. The Labute approximate surface area is 530 Å². The lowest BCUT2D eigenvalue weighted by Crippen LogP contribution is -2.31. The van der Waals surface area contributed by atoms with E-state index in [1.807, 2.05) is 0 Å². The first-order chi connectivity index (χ1) is 41.7. The van der Waals surface area contributed by atoms with Crippen molar-refractivity contribution in [1.82, 2.24) is 0 Å². The van der Waals surface area contributed by atoms with Gasteiger partial charge in [-0.25, -0.2) is 0 Å². The van der Waals surface area contributed by atoms with Crippen LogP contribution in [0.2, 0.25) is 0 Å². The molecule has 1 saturated carbocycles. The van der Waals surface area contributed by atoms with Gasteiger partial charge < -0.3 is 9.80 Å². The Morgan fingerprint density at radius 3 is 1.09 bits per heavy atom. The summed E-state index contributed by atoms with van der Waals surface area (Å²) >= 11 is 0. The van der Waals surface area contributed by atoms with E-state index in [0.29, 0.717) is 0 Å². The minimum absolute atomic E-state index is 0.0655. The number of fused-ring (bicyclic) bond motifs is 2. The number of rotatable bonds is 28. The first-order valence-electron chi connectivity index (χ1n) is 34.9. The van der Waals surface area contributed by atoms with Crippen LogP contribution in [-0.2, 0) is 47.3 Å². The van der Waals surface area contributed by atoms with Crippen molar-refractivity contribution in [2.75, 3.05) is 9.80 Å². The summed E-state index contributed by atoms with van der Waals surface area (Å²) in [5, 5.41) is 5.06. The van der Waals surface area contributed by atoms with E-state index in [0.717, 1.165) is 25.7 Å². The Hall–Kier alpha value is -6.12. The third kappa shape index (κ3) is 16.0. The molecule has 0 amide bonds. The Balaban J connectivity index is 1.46. The highest BCUT2D eigenvalue weighted by Crippen LogP contribution is 2.54. The number of unbranched alkanes of at least 4 members (excludes halogenated alkanes) is 12. The lowest BCUT2D eigenvalue weighted by atomic mass is 9.65. The van der Waals surface area contributed by atoms with Gasteiger partial charge in [-0.3, -0.25) is 0 Å². The maximum Gasteiger partial charge on any atom is 0.0620 e. The molecule has 0 radical (unpaired) electrons. The molecule has 0 spiro atoms. The molecule has 0 aliphatic heterocycles. The lowest BCUT2D eigenvalue weighted by Gasteiger charge is -2.41. The molecule has 462 valence electrons. The second kappa shape index (κ2) is 29.0. The van der Waals surface area contributed by atoms with E-state index in [4.69, 9.17) is 0 Å². The monoisotopic (exact) mass is 1160 g/mol. The molecule has 8 aromatic rings. The number of benzene rings is 8. The van der Waals surface area contributed by atoms with E-state index in [2.05, 4.69) is 252 Å². The van der Waals surface area contributed by atoms with Gasteiger partial charge in [0.15, 0.2) is 0 Å². The fourth-order valence-electron chi connectivity index (χ4n) is 13.7. The normalized spacial score (nSPS) is 13.6. The smallest absolute Gasteiger partial charge is 0.0620 e. The SMILES string of the molecule is CCCCCCc1cc(CCCCCC)cc(N(c2cc(C(C)(C)C)cc(C(C)(C)C)c2)c2c3ccccc3c(N(c3cc(CCCCCC)cc(CCCCCC)c3)c3cc(C(C)(C)C)cc(C4(C)CCC4)c3)c3cc(-c4ccccc4)ccc23)c1. The van der Waals surface area contributed by atoms with Crippen LogP contribution in [0.15, 0.2) is 146 Å².